The molecule has 0 unspecified atom stereocenters. The van der Waals surface area contributed by atoms with Crippen molar-refractivity contribution in [3.63, 3.8) is 0 Å². The number of aryl methyl sites for hydroxylation is 1. The third kappa shape index (κ3) is 10.5. The number of carbonyl (C=O) groups is 1. The lowest BCUT2D eigenvalue weighted by molar-refractivity contribution is -0.157. The molecule has 0 aromatic carbocycles. The Labute approximate surface area is 166 Å². The summed E-state index contributed by atoms with van der Waals surface area (Å²) in [5.74, 6) is -0.308. The van der Waals surface area contributed by atoms with Crippen molar-refractivity contribution in [3.8, 4) is 0 Å². The molecule has 0 atom stereocenters. The van der Waals surface area contributed by atoms with E-state index >= 15 is 0 Å². The van der Waals surface area contributed by atoms with E-state index in [1.54, 1.807) is 11.3 Å². The Balaban J connectivity index is 0.00000576. The maximum atomic E-state index is 12.3. The van der Waals surface area contributed by atoms with Gasteiger partial charge in [0, 0.05) is 31.9 Å². The van der Waals surface area contributed by atoms with Crippen molar-refractivity contribution in [2.24, 2.45) is 4.99 Å². The van der Waals surface area contributed by atoms with Gasteiger partial charge in [-0.3, -0.25) is 4.79 Å². The zero-order chi connectivity index (χ0) is 18.2. The van der Waals surface area contributed by atoms with Gasteiger partial charge in [-0.15, -0.1) is 35.3 Å². The molecule has 1 amide bonds. The zero-order valence-electron chi connectivity index (χ0n) is 14.3. The molecule has 144 valence electrons. The van der Waals surface area contributed by atoms with Gasteiger partial charge in [-0.05, 0) is 13.8 Å². The first-order chi connectivity index (χ1) is 11.2. The van der Waals surface area contributed by atoms with Gasteiger partial charge >= 0.3 is 6.18 Å². The van der Waals surface area contributed by atoms with Crippen LogP contribution in [-0.2, 0) is 11.2 Å². The van der Waals surface area contributed by atoms with Gasteiger partial charge in [0.1, 0.15) is 13.1 Å². The van der Waals surface area contributed by atoms with Crippen LogP contribution < -0.4 is 10.6 Å². The number of rotatable bonds is 7. The standard InChI is InChI=1S/C14H22F3N5OS.HI/c1-4-18-13(19-6-5-11-8-24-10(2)21-11)20-7-12(23)22(3)9-14(15,16)17;/h8H,4-7,9H2,1-3H3,(H2,18,19,20);1H. The smallest absolute Gasteiger partial charge is 0.357 e. The Morgan fingerprint density at radius 3 is 2.60 bits per heavy atom. The van der Waals surface area contributed by atoms with Crippen molar-refractivity contribution in [2.75, 3.05) is 33.2 Å². The number of likely N-dealkylation sites (N-methyl/N-ethyl adjacent to an activating group) is 1. The number of amides is 1. The largest absolute Gasteiger partial charge is 0.406 e. The zero-order valence-corrected chi connectivity index (χ0v) is 17.5. The predicted molar refractivity (Wildman–Crippen MR) is 104 cm³/mol. The number of thiazole rings is 1. The molecule has 25 heavy (non-hydrogen) atoms. The van der Waals surface area contributed by atoms with Crippen LogP contribution in [0.5, 0.6) is 0 Å². The molecule has 0 aliphatic rings. The number of alkyl halides is 3. The Morgan fingerprint density at radius 1 is 1.40 bits per heavy atom. The molecular formula is C14H23F3IN5OS. The van der Waals surface area contributed by atoms with Crippen molar-refractivity contribution in [1.82, 2.24) is 20.5 Å². The van der Waals surface area contributed by atoms with E-state index in [0.29, 0.717) is 30.4 Å². The molecule has 0 aliphatic carbocycles. The van der Waals surface area contributed by atoms with E-state index < -0.39 is 18.6 Å². The molecule has 2 N–H and O–H groups in total. The van der Waals surface area contributed by atoms with E-state index in [1.807, 2.05) is 19.2 Å². The number of hydrogen-bond acceptors (Lipinski definition) is 4. The second kappa shape index (κ2) is 11.5. The van der Waals surface area contributed by atoms with Crippen LogP contribution >= 0.6 is 35.3 Å². The third-order valence-corrected chi connectivity index (χ3v) is 3.72. The van der Waals surface area contributed by atoms with Crippen LogP contribution in [0.2, 0.25) is 0 Å². The van der Waals surface area contributed by atoms with Gasteiger partial charge in [-0.25, -0.2) is 9.98 Å². The lowest BCUT2D eigenvalue weighted by Gasteiger charge is -2.18. The topological polar surface area (TPSA) is 69.6 Å². The predicted octanol–water partition coefficient (Wildman–Crippen LogP) is 2.19. The van der Waals surface area contributed by atoms with Crippen LogP contribution in [0.25, 0.3) is 0 Å². The lowest BCUT2D eigenvalue weighted by atomic mass is 10.3. The van der Waals surface area contributed by atoms with Crippen molar-refractivity contribution in [2.45, 2.75) is 26.4 Å². The number of nitrogens with zero attached hydrogens (tertiary/aromatic N) is 3. The molecule has 0 aliphatic heterocycles. The first-order valence-corrected chi connectivity index (χ1v) is 8.33. The van der Waals surface area contributed by atoms with Gasteiger partial charge in [-0.2, -0.15) is 13.2 Å². The van der Waals surface area contributed by atoms with Crippen LogP contribution in [-0.4, -0.2) is 61.2 Å². The Bertz CT molecular complexity index is 565. The lowest BCUT2D eigenvalue weighted by Crippen LogP contribution is -2.40. The fourth-order valence-corrected chi connectivity index (χ4v) is 2.45. The van der Waals surface area contributed by atoms with Crippen molar-refractivity contribution < 1.29 is 18.0 Å². The Morgan fingerprint density at radius 2 is 2.08 bits per heavy atom. The molecule has 0 bridgehead atoms. The molecule has 0 spiro atoms. The van der Waals surface area contributed by atoms with E-state index in [0.717, 1.165) is 17.7 Å². The fraction of sp³-hybridized carbons (Fsp3) is 0.643. The number of aliphatic imine (C=N–C) groups is 1. The molecular weight excluding hydrogens is 470 g/mol. The number of aromatic nitrogens is 1. The van der Waals surface area contributed by atoms with Crippen LogP contribution in [0.3, 0.4) is 0 Å². The van der Waals surface area contributed by atoms with Gasteiger partial charge in [0.05, 0.1) is 10.7 Å². The first-order valence-electron chi connectivity index (χ1n) is 7.45. The summed E-state index contributed by atoms with van der Waals surface area (Å²) in [5.41, 5.74) is 0.960. The van der Waals surface area contributed by atoms with E-state index in [9.17, 15) is 18.0 Å². The number of nitrogens with one attached hydrogen (secondary N) is 2. The molecule has 0 fully saturated rings. The molecule has 1 rings (SSSR count). The molecule has 1 aromatic heterocycles. The van der Waals surface area contributed by atoms with Gasteiger partial charge in [0.15, 0.2) is 5.96 Å². The third-order valence-electron chi connectivity index (χ3n) is 2.90. The molecule has 1 aromatic rings. The van der Waals surface area contributed by atoms with Gasteiger partial charge in [0.2, 0.25) is 5.91 Å². The average molecular weight is 493 g/mol. The van der Waals surface area contributed by atoms with Gasteiger partial charge in [-0.1, -0.05) is 0 Å². The highest BCUT2D eigenvalue weighted by atomic mass is 127. The summed E-state index contributed by atoms with van der Waals surface area (Å²) in [5, 5.41) is 8.93. The van der Waals surface area contributed by atoms with Crippen LogP contribution in [0.4, 0.5) is 13.2 Å². The van der Waals surface area contributed by atoms with Crippen molar-refractivity contribution >= 4 is 47.2 Å². The maximum Gasteiger partial charge on any atom is 0.406 e. The molecule has 1 heterocycles. The minimum absolute atomic E-state index is 0. The Hall–Kier alpha value is -1.11. The molecule has 0 radical (unpaired) electrons. The van der Waals surface area contributed by atoms with Crippen LogP contribution in [0, 0.1) is 6.92 Å². The highest BCUT2D eigenvalue weighted by molar-refractivity contribution is 14.0. The number of carbonyl (C=O) groups excluding carboxylic acids is 1. The van der Waals surface area contributed by atoms with E-state index in [1.165, 1.54) is 0 Å². The minimum Gasteiger partial charge on any atom is -0.357 e. The molecule has 0 saturated carbocycles. The van der Waals surface area contributed by atoms with Crippen LogP contribution in [0.1, 0.15) is 17.6 Å². The Kier molecular flexibility index (Phi) is 11.0. The summed E-state index contributed by atoms with van der Waals surface area (Å²) in [7, 11) is 1.11. The summed E-state index contributed by atoms with van der Waals surface area (Å²) in [6.45, 7) is 3.29. The summed E-state index contributed by atoms with van der Waals surface area (Å²) in [4.78, 5) is 20.7. The summed E-state index contributed by atoms with van der Waals surface area (Å²) in [6, 6.07) is 0. The second-order valence-electron chi connectivity index (χ2n) is 5.09. The normalized spacial score (nSPS) is 11.7. The first kappa shape index (κ1) is 23.9. The number of guanidine groups is 1. The second-order valence-corrected chi connectivity index (χ2v) is 6.16. The van der Waals surface area contributed by atoms with Gasteiger partial charge in [0.25, 0.3) is 0 Å². The van der Waals surface area contributed by atoms with E-state index in [2.05, 4.69) is 20.6 Å². The summed E-state index contributed by atoms with van der Waals surface area (Å²) in [6.07, 6.45) is -3.72. The van der Waals surface area contributed by atoms with Crippen molar-refractivity contribution in [3.05, 3.63) is 16.1 Å². The highest BCUT2D eigenvalue weighted by Gasteiger charge is 2.30. The minimum atomic E-state index is -4.41. The fourth-order valence-electron chi connectivity index (χ4n) is 1.80. The SMILES string of the molecule is CCNC(=NCC(=O)N(C)CC(F)(F)F)NCCc1csc(C)n1.I. The van der Waals surface area contributed by atoms with E-state index in [4.69, 9.17) is 0 Å². The highest BCUT2D eigenvalue weighted by Crippen LogP contribution is 2.15. The number of hydrogen-bond donors (Lipinski definition) is 2. The quantitative estimate of drug-likeness (QED) is 0.347. The maximum absolute atomic E-state index is 12.3. The van der Waals surface area contributed by atoms with E-state index in [-0.39, 0.29) is 30.5 Å². The monoisotopic (exact) mass is 493 g/mol. The van der Waals surface area contributed by atoms with Gasteiger partial charge < -0.3 is 15.5 Å². The summed E-state index contributed by atoms with van der Waals surface area (Å²) < 4.78 is 36.8. The number of halogens is 4. The molecule has 0 saturated heterocycles. The van der Waals surface area contributed by atoms with Crippen LogP contribution in [0.15, 0.2) is 10.4 Å². The molecule has 6 nitrogen and oxygen atoms in total. The van der Waals surface area contributed by atoms with Crippen molar-refractivity contribution in [1.29, 1.82) is 0 Å². The molecule has 11 heteroatoms. The average Bonchev–Trinajstić information content (AvgIpc) is 2.88. The summed E-state index contributed by atoms with van der Waals surface area (Å²) >= 11 is 1.57.